The van der Waals surface area contributed by atoms with E-state index in [1.54, 1.807) is 19.2 Å². The first kappa shape index (κ1) is 19.5. The van der Waals surface area contributed by atoms with Crippen LogP contribution in [0.2, 0.25) is 0 Å². The molecule has 1 amide bonds. The van der Waals surface area contributed by atoms with Crippen molar-refractivity contribution < 1.29 is 23.4 Å². The molecule has 2 aromatic carbocycles. The molecule has 0 unspecified atom stereocenters. The van der Waals surface area contributed by atoms with Gasteiger partial charge in [-0.3, -0.25) is 4.90 Å². The number of anilines is 2. The van der Waals surface area contributed by atoms with Crippen molar-refractivity contribution in [1.82, 2.24) is 0 Å². The standard InChI is InChI=1S/C21H24FN3O4/c1-27-16-5-2-14(3-6-16)20-19(13-23)29-21(26)25(20)15-4-7-18(17(22)12-15)24-8-10-28-11-9-24/h2-7,12,19-20H,8-11,13,23H2,1H3/t19-,20-/m1/s1. The maximum atomic E-state index is 14.9. The van der Waals surface area contributed by atoms with Gasteiger partial charge in [-0.2, -0.15) is 0 Å². The molecule has 0 aliphatic carbocycles. The molecule has 2 fully saturated rings. The van der Waals surface area contributed by atoms with Crippen molar-refractivity contribution in [1.29, 1.82) is 0 Å². The Morgan fingerprint density at radius 1 is 1.17 bits per heavy atom. The largest absolute Gasteiger partial charge is 0.497 e. The minimum atomic E-state index is -0.542. The summed E-state index contributed by atoms with van der Waals surface area (Å²) < 4.78 is 30.9. The number of rotatable bonds is 5. The summed E-state index contributed by atoms with van der Waals surface area (Å²) in [6.45, 7) is 2.56. The fourth-order valence-electron chi connectivity index (χ4n) is 3.84. The van der Waals surface area contributed by atoms with E-state index in [4.69, 9.17) is 19.9 Å². The van der Waals surface area contributed by atoms with E-state index in [0.717, 1.165) is 5.56 Å². The first-order chi connectivity index (χ1) is 14.1. The Kier molecular flexibility index (Phi) is 5.55. The van der Waals surface area contributed by atoms with Gasteiger partial charge in [0.05, 0.1) is 31.7 Å². The summed E-state index contributed by atoms with van der Waals surface area (Å²) in [6, 6.07) is 11.7. The van der Waals surface area contributed by atoms with Crippen LogP contribution in [0.3, 0.4) is 0 Å². The number of methoxy groups -OCH3 is 1. The number of carbonyl (C=O) groups excluding carboxylic acids is 1. The van der Waals surface area contributed by atoms with E-state index in [1.165, 1.54) is 11.0 Å². The number of nitrogens with two attached hydrogens (primary N) is 1. The topological polar surface area (TPSA) is 77.3 Å². The lowest BCUT2D eigenvalue weighted by molar-refractivity contribution is 0.122. The van der Waals surface area contributed by atoms with Gasteiger partial charge in [0.2, 0.25) is 0 Å². The summed E-state index contributed by atoms with van der Waals surface area (Å²) in [5.74, 6) is 0.317. The molecule has 7 nitrogen and oxygen atoms in total. The van der Waals surface area contributed by atoms with Crippen LogP contribution in [-0.2, 0) is 9.47 Å². The first-order valence-electron chi connectivity index (χ1n) is 9.58. The van der Waals surface area contributed by atoms with E-state index in [2.05, 4.69) is 0 Å². The number of amides is 1. The molecule has 2 saturated heterocycles. The van der Waals surface area contributed by atoms with E-state index in [0.29, 0.717) is 43.4 Å². The quantitative estimate of drug-likeness (QED) is 0.830. The van der Waals surface area contributed by atoms with E-state index < -0.39 is 18.2 Å². The molecule has 0 radical (unpaired) electrons. The normalized spacial score (nSPS) is 22.0. The minimum Gasteiger partial charge on any atom is -0.497 e. The molecule has 154 valence electrons. The highest BCUT2D eigenvalue weighted by atomic mass is 19.1. The molecule has 2 N–H and O–H groups in total. The molecule has 4 rings (SSSR count). The SMILES string of the molecule is COc1ccc([C@@H]2[C@@H](CN)OC(=O)N2c2ccc(N3CCOCC3)c(F)c2)cc1. The molecule has 0 bridgehead atoms. The summed E-state index contributed by atoms with van der Waals surface area (Å²) in [4.78, 5) is 16.0. The summed E-state index contributed by atoms with van der Waals surface area (Å²) in [7, 11) is 1.59. The fraction of sp³-hybridized carbons (Fsp3) is 0.381. The Hall–Kier alpha value is -2.84. The number of ether oxygens (including phenoxy) is 3. The Morgan fingerprint density at radius 2 is 1.90 bits per heavy atom. The predicted molar refractivity (Wildman–Crippen MR) is 107 cm³/mol. The van der Waals surface area contributed by atoms with Gasteiger partial charge in [-0.25, -0.2) is 9.18 Å². The van der Waals surface area contributed by atoms with Crippen molar-refractivity contribution in [2.75, 3.05) is 49.8 Å². The van der Waals surface area contributed by atoms with Crippen LogP contribution in [0.25, 0.3) is 0 Å². The molecule has 29 heavy (non-hydrogen) atoms. The van der Waals surface area contributed by atoms with Crippen LogP contribution >= 0.6 is 0 Å². The summed E-state index contributed by atoms with van der Waals surface area (Å²) in [5.41, 5.74) is 7.62. The second-order valence-electron chi connectivity index (χ2n) is 6.98. The second kappa shape index (κ2) is 8.26. The van der Waals surface area contributed by atoms with Crippen LogP contribution in [0.5, 0.6) is 5.75 Å². The fourth-order valence-corrected chi connectivity index (χ4v) is 3.84. The van der Waals surface area contributed by atoms with Crippen molar-refractivity contribution in [3.63, 3.8) is 0 Å². The number of nitrogens with zero attached hydrogens (tertiary/aromatic N) is 2. The number of carbonyl (C=O) groups is 1. The number of morpholine rings is 1. The Balaban J connectivity index is 1.67. The lowest BCUT2D eigenvalue weighted by Gasteiger charge is -2.30. The zero-order valence-electron chi connectivity index (χ0n) is 16.2. The zero-order valence-corrected chi connectivity index (χ0v) is 16.2. The lowest BCUT2D eigenvalue weighted by Crippen LogP contribution is -2.37. The number of benzene rings is 2. The molecule has 2 atom stereocenters. The van der Waals surface area contributed by atoms with E-state index >= 15 is 0 Å². The van der Waals surface area contributed by atoms with E-state index in [9.17, 15) is 9.18 Å². The van der Waals surface area contributed by atoms with Crippen LogP contribution < -0.4 is 20.3 Å². The van der Waals surface area contributed by atoms with Gasteiger partial charge in [0.1, 0.15) is 23.7 Å². The first-order valence-corrected chi connectivity index (χ1v) is 9.58. The van der Waals surface area contributed by atoms with Gasteiger partial charge < -0.3 is 24.8 Å². The monoisotopic (exact) mass is 401 g/mol. The molecule has 2 aliphatic heterocycles. The van der Waals surface area contributed by atoms with Gasteiger partial charge in [-0.1, -0.05) is 12.1 Å². The molecular weight excluding hydrogens is 377 g/mol. The van der Waals surface area contributed by atoms with Crippen LogP contribution in [0.1, 0.15) is 11.6 Å². The van der Waals surface area contributed by atoms with E-state index in [1.807, 2.05) is 29.2 Å². The van der Waals surface area contributed by atoms with Crippen molar-refractivity contribution in [3.8, 4) is 5.75 Å². The molecule has 2 aliphatic rings. The highest BCUT2D eigenvalue weighted by Crippen LogP contribution is 2.39. The van der Waals surface area contributed by atoms with Gasteiger partial charge in [-0.05, 0) is 35.9 Å². The summed E-state index contributed by atoms with van der Waals surface area (Å²) in [5, 5.41) is 0. The van der Waals surface area contributed by atoms with Gasteiger partial charge in [0, 0.05) is 19.6 Å². The molecule has 0 saturated carbocycles. The number of hydrogen-bond acceptors (Lipinski definition) is 6. The predicted octanol–water partition coefficient (Wildman–Crippen LogP) is 2.70. The molecule has 0 spiro atoms. The molecular formula is C21H24FN3O4. The van der Waals surface area contributed by atoms with Gasteiger partial charge in [0.25, 0.3) is 0 Å². The summed E-state index contributed by atoms with van der Waals surface area (Å²) in [6.07, 6.45) is -1.07. The Bertz CT molecular complexity index is 871. The van der Waals surface area contributed by atoms with Crippen LogP contribution in [0.15, 0.2) is 42.5 Å². The average molecular weight is 401 g/mol. The molecule has 2 heterocycles. The molecule has 2 aromatic rings. The zero-order chi connectivity index (χ0) is 20.4. The van der Waals surface area contributed by atoms with Crippen molar-refractivity contribution in [2.45, 2.75) is 12.1 Å². The Labute approximate surface area is 168 Å². The van der Waals surface area contributed by atoms with Crippen LogP contribution in [0.4, 0.5) is 20.6 Å². The van der Waals surface area contributed by atoms with Crippen LogP contribution in [0, 0.1) is 5.82 Å². The van der Waals surface area contributed by atoms with Crippen molar-refractivity contribution >= 4 is 17.5 Å². The highest BCUT2D eigenvalue weighted by molar-refractivity contribution is 5.91. The van der Waals surface area contributed by atoms with Crippen molar-refractivity contribution in [3.05, 3.63) is 53.8 Å². The average Bonchev–Trinajstić information content (AvgIpc) is 3.10. The number of hydrogen-bond donors (Lipinski definition) is 1. The molecule has 8 heteroatoms. The molecule has 0 aromatic heterocycles. The third-order valence-corrected chi connectivity index (χ3v) is 5.33. The van der Waals surface area contributed by atoms with Gasteiger partial charge >= 0.3 is 6.09 Å². The Morgan fingerprint density at radius 3 is 2.52 bits per heavy atom. The number of cyclic esters (lactones) is 1. The summed E-state index contributed by atoms with van der Waals surface area (Å²) >= 11 is 0. The minimum absolute atomic E-state index is 0.160. The smallest absolute Gasteiger partial charge is 0.415 e. The second-order valence-corrected chi connectivity index (χ2v) is 6.98. The van der Waals surface area contributed by atoms with E-state index in [-0.39, 0.29) is 12.4 Å². The van der Waals surface area contributed by atoms with Crippen LogP contribution in [-0.4, -0.2) is 52.2 Å². The number of halogens is 1. The third kappa shape index (κ3) is 3.73. The maximum Gasteiger partial charge on any atom is 0.415 e. The third-order valence-electron chi connectivity index (χ3n) is 5.33. The van der Waals surface area contributed by atoms with Crippen molar-refractivity contribution in [2.24, 2.45) is 5.73 Å². The van der Waals surface area contributed by atoms with Gasteiger partial charge in [0.15, 0.2) is 0 Å². The van der Waals surface area contributed by atoms with Gasteiger partial charge in [-0.15, -0.1) is 0 Å². The lowest BCUT2D eigenvalue weighted by atomic mass is 10.00. The maximum absolute atomic E-state index is 14.9. The highest BCUT2D eigenvalue weighted by Gasteiger charge is 2.43.